The van der Waals surface area contributed by atoms with Crippen molar-refractivity contribution < 1.29 is 4.79 Å². The largest absolute Gasteiger partial charge is 0.399 e. The van der Waals surface area contributed by atoms with E-state index in [1.54, 1.807) is 12.1 Å². The Morgan fingerprint density at radius 3 is 3.00 bits per heavy atom. The maximum Gasteiger partial charge on any atom is 0.220 e. The summed E-state index contributed by atoms with van der Waals surface area (Å²) in [6.45, 7) is 0.604. The highest BCUT2D eigenvalue weighted by Crippen LogP contribution is 2.17. The van der Waals surface area contributed by atoms with Gasteiger partial charge in [0.25, 0.3) is 0 Å². The predicted molar refractivity (Wildman–Crippen MR) is 63.3 cm³/mol. The molecule has 1 fully saturated rings. The summed E-state index contributed by atoms with van der Waals surface area (Å²) in [6, 6.07) is 3.50. The van der Waals surface area contributed by atoms with Gasteiger partial charge in [0.15, 0.2) is 0 Å². The van der Waals surface area contributed by atoms with Gasteiger partial charge in [-0.15, -0.1) is 0 Å². The lowest BCUT2D eigenvalue weighted by Crippen LogP contribution is -2.42. The van der Waals surface area contributed by atoms with Crippen LogP contribution in [0.1, 0.15) is 12.8 Å². The smallest absolute Gasteiger partial charge is 0.220 e. The molecular weight excluding hydrogens is 228 g/mol. The molecule has 1 saturated heterocycles. The minimum Gasteiger partial charge on any atom is -0.399 e. The molecule has 0 aliphatic carbocycles. The first kappa shape index (κ1) is 11.0. The monoisotopic (exact) mass is 240 g/mol. The molecule has 0 spiro atoms. The summed E-state index contributed by atoms with van der Waals surface area (Å²) in [5.41, 5.74) is 6.22. The molecule has 1 aliphatic rings. The number of nitrogens with two attached hydrogens (primary N) is 1. The van der Waals surface area contributed by atoms with E-state index < -0.39 is 0 Å². The quantitative estimate of drug-likeness (QED) is 0.674. The molecule has 0 aromatic carbocycles. The number of anilines is 2. The van der Waals surface area contributed by atoms with Crippen molar-refractivity contribution in [1.29, 1.82) is 0 Å². The molecule has 1 unspecified atom stereocenters. The maximum atomic E-state index is 11.0. The zero-order valence-electron chi connectivity index (χ0n) is 8.66. The van der Waals surface area contributed by atoms with E-state index in [9.17, 15) is 4.79 Å². The highest BCUT2D eigenvalue weighted by Gasteiger charge is 2.17. The number of hydrogen-bond acceptors (Lipinski definition) is 4. The SMILES string of the molecule is Nc1cc(Cl)nc(NC2CCC(=O)NC2)c1. The zero-order chi connectivity index (χ0) is 11.5. The summed E-state index contributed by atoms with van der Waals surface area (Å²) in [5, 5.41) is 6.34. The van der Waals surface area contributed by atoms with Gasteiger partial charge in [0.1, 0.15) is 11.0 Å². The van der Waals surface area contributed by atoms with Crippen molar-refractivity contribution in [2.45, 2.75) is 18.9 Å². The molecule has 16 heavy (non-hydrogen) atoms. The van der Waals surface area contributed by atoms with Gasteiger partial charge in [-0.3, -0.25) is 4.79 Å². The van der Waals surface area contributed by atoms with E-state index in [0.29, 0.717) is 29.6 Å². The summed E-state index contributed by atoms with van der Waals surface area (Å²) < 4.78 is 0. The third-order valence-corrected chi connectivity index (χ3v) is 2.63. The number of amides is 1. The van der Waals surface area contributed by atoms with Gasteiger partial charge in [0, 0.05) is 30.8 Å². The Morgan fingerprint density at radius 2 is 2.38 bits per heavy atom. The normalized spacial score (nSPS) is 20.3. The fourth-order valence-electron chi connectivity index (χ4n) is 1.66. The fourth-order valence-corrected chi connectivity index (χ4v) is 1.87. The predicted octanol–water partition coefficient (Wildman–Crippen LogP) is 1.01. The van der Waals surface area contributed by atoms with Crippen molar-refractivity contribution in [2.75, 3.05) is 17.6 Å². The van der Waals surface area contributed by atoms with Gasteiger partial charge >= 0.3 is 0 Å². The molecule has 2 heterocycles. The van der Waals surface area contributed by atoms with Gasteiger partial charge in [-0.1, -0.05) is 11.6 Å². The van der Waals surface area contributed by atoms with Gasteiger partial charge < -0.3 is 16.4 Å². The Labute approximate surface area is 98.4 Å². The van der Waals surface area contributed by atoms with Crippen LogP contribution in [0.15, 0.2) is 12.1 Å². The number of piperidine rings is 1. The van der Waals surface area contributed by atoms with E-state index in [0.717, 1.165) is 6.42 Å². The van der Waals surface area contributed by atoms with Crippen molar-refractivity contribution in [3.8, 4) is 0 Å². The molecule has 6 heteroatoms. The lowest BCUT2D eigenvalue weighted by molar-refractivity contribution is -0.122. The van der Waals surface area contributed by atoms with E-state index in [1.807, 2.05) is 0 Å². The summed E-state index contributed by atoms with van der Waals surface area (Å²) in [6.07, 6.45) is 1.33. The topological polar surface area (TPSA) is 80.0 Å². The van der Waals surface area contributed by atoms with Crippen LogP contribution in [0, 0.1) is 0 Å². The molecule has 5 nitrogen and oxygen atoms in total. The van der Waals surface area contributed by atoms with Crippen LogP contribution in [-0.4, -0.2) is 23.5 Å². The average molecular weight is 241 g/mol. The number of carbonyl (C=O) groups is 1. The van der Waals surface area contributed by atoms with Crippen LogP contribution in [0.2, 0.25) is 5.15 Å². The number of nitrogens with zero attached hydrogens (tertiary/aromatic N) is 1. The average Bonchev–Trinajstić information content (AvgIpc) is 2.20. The van der Waals surface area contributed by atoms with Crippen LogP contribution in [0.3, 0.4) is 0 Å². The highest BCUT2D eigenvalue weighted by atomic mass is 35.5. The second kappa shape index (κ2) is 4.57. The maximum absolute atomic E-state index is 11.0. The molecule has 0 saturated carbocycles. The standard InChI is InChI=1S/C10H13ClN4O/c11-8-3-6(12)4-9(15-8)14-7-1-2-10(16)13-5-7/h3-4,7H,1-2,5H2,(H,13,16)(H3,12,14,15). The lowest BCUT2D eigenvalue weighted by Gasteiger charge is -2.24. The van der Waals surface area contributed by atoms with Crippen LogP contribution in [0.5, 0.6) is 0 Å². The van der Waals surface area contributed by atoms with Crippen molar-refractivity contribution in [2.24, 2.45) is 0 Å². The number of carbonyl (C=O) groups excluding carboxylic acids is 1. The molecule has 0 radical (unpaired) electrons. The Balaban J connectivity index is 2.00. The zero-order valence-corrected chi connectivity index (χ0v) is 9.42. The number of halogens is 1. The lowest BCUT2D eigenvalue weighted by atomic mass is 10.1. The molecule has 1 aliphatic heterocycles. The van der Waals surface area contributed by atoms with Crippen LogP contribution >= 0.6 is 11.6 Å². The Hall–Kier alpha value is -1.49. The summed E-state index contributed by atoms with van der Waals surface area (Å²) >= 11 is 5.79. The third kappa shape index (κ3) is 2.76. The van der Waals surface area contributed by atoms with Crippen LogP contribution in [0.25, 0.3) is 0 Å². The van der Waals surface area contributed by atoms with E-state index in [4.69, 9.17) is 17.3 Å². The van der Waals surface area contributed by atoms with Crippen molar-refractivity contribution >= 4 is 29.0 Å². The number of nitrogens with one attached hydrogen (secondary N) is 2. The summed E-state index contributed by atoms with van der Waals surface area (Å²) in [4.78, 5) is 15.1. The number of nitrogen functional groups attached to an aromatic ring is 1. The molecule has 0 bridgehead atoms. The first-order valence-electron chi connectivity index (χ1n) is 5.10. The van der Waals surface area contributed by atoms with Gasteiger partial charge in [0.2, 0.25) is 5.91 Å². The minimum atomic E-state index is 0.0941. The number of rotatable bonds is 2. The van der Waals surface area contributed by atoms with Crippen molar-refractivity contribution in [1.82, 2.24) is 10.3 Å². The molecule has 4 N–H and O–H groups in total. The van der Waals surface area contributed by atoms with Crippen LogP contribution < -0.4 is 16.4 Å². The second-order valence-electron chi connectivity index (χ2n) is 3.79. The first-order valence-corrected chi connectivity index (χ1v) is 5.47. The van der Waals surface area contributed by atoms with Gasteiger partial charge in [-0.05, 0) is 12.5 Å². The van der Waals surface area contributed by atoms with Crippen molar-refractivity contribution in [3.05, 3.63) is 17.3 Å². The van der Waals surface area contributed by atoms with E-state index >= 15 is 0 Å². The van der Waals surface area contributed by atoms with Gasteiger partial charge in [-0.2, -0.15) is 0 Å². The van der Waals surface area contributed by atoms with Crippen LogP contribution in [0.4, 0.5) is 11.5 Å². The summed E-state index contributed by atoms with van der Waals surface area (Å²) in [5.74, 6) is 0.739. The molecule has 1 amide bonds. The van der Waals surface area contributed by atoms with E-state index in [2.05, 4.69) is 15.6 Å². The second-order valence-corrected chi connectivity index (χ2v) is 4.18. The first-order chi connectivity index (χ1) is 7.63. The van der Waals surface area contributed by atoms with Crippen LogP contribution in [-0.2, 0) is 4.79 Å². The number of aromatic nitrogens is 1. The minimum absolute atomic E-state index is 0.0941. The summed E-state index contributed by atoms with van der Waals surface area (Å²) in [7, 11) is 0. The molecular formula is C10H13ClN4O. The van der Waals surface area contributed by atoms with Crippen molar-refractivity contribution in [3.63, 3.8) is 0 Å². The number of hydrogen-bond donors (Lipinski definition) is 3. The Bertz CT molecular complexity index is 380. The fraction of sp³-hybridized carbons (Fsp3) is 0.400. The number of pyridine rings is 1. The van der Waals surface area contributed by atoms with Gasteiger partial charge in [0.05, 0.1) is 0 Å². The molecule has 86 valence electrons. The highest BCUT2D eigenvalue weighted by molar-refractivity contribution is 6.29. The van der Waals surface area contributed by atoms with Gasteiger partial charge in [-0.25, -0.2) is 4.98 Å². The Morgan fingerprint density at radius 1 is 1.56 bits per heavy atom. The van der Waals surface area contributed by atoms with E-state index in [-0.39, 0.29) is 11.9 Å². The molecule has 1 aromatic rings. The molecule has 1 aromatic heterocycles. The Kier molecular flexibility index (Phi) is 3.14. The third-order valence-electron chi connectivity index (χ3n) is 2.43. The molecule has 1 atom stereocenters. The van der Waals surface area contributed by atoms with E-state index in [1.165, 1.54) is 0 Å². The molecule has 2 rings (SSSR count).